The van der Waals surface area contributed by atoms with E-state index in [0.717, 1.165) is 53.5 Å². The molecule has 1 fully saturated rings. The average Bonchev–Trinajstić information content (AvgIpc) is 3.41. The first-order valence-corrected chi connectivity index (χ1v) is 13.3. The highest BCUT2D eigenvalue weighted by molar-refractivity contribution is 5.88. The molecule has 1 aliphatic carbocycles. The summed E-state index contributed by atoms with van der Waals surface area (Å²) in [6, 6.07) is 23.4. The molecule has 3 aromatic rings. The lowest BCUT2D eigenvalue weighted by Crippen LogP contribution is -2.53. The van der Waals surface area contributed by atoms with Crippen molar-refractivity contribution in [1.82, 2.24) is 10.2 Å². The number of benzene rings is 3. The maximum absolute atomic E-state index is 13.8. The molecule has 0 saturated heterocycles. The Balaban J connectivity index is 1.62. The molecule has 4 rings (SSSR count). The number of carbonyl (C=O) groups excluding carboxylic acids is 2. The number of nitrogens with one attached hydrogen (secondary N) is 1. The number of nitrogens with zero attached hydrogens (tertiary/aromatic N) is 1. The molecule has 0 heterocycles. The summed E-state index contributed by atoms with van der Waals surface area (Å²) in [5.74, 6) is 0.394. The molecule has 0 radical (unpaired) electrons. The number of ether oxygens (including phenoxy) is 1. The predicted octanol–water partition coefficient (Wildman–Crippen LogP) is 5.69. The first-order chi connectivity index (χ1) is 17.9. The van der Waals surface area contributed by atoms with E-state index in [1.54, 1.807) is 4.90 Å². The van der Waals surface area contributed by atoms with Crippen molar-refractivity contribution in [3.63, 3.8) is 0 Å². The Labute approximate surface area is 220 Å². The number of carbonyl (C=O) groups is 2. The average molecular weight is 499 g/mol. The van der Waals surface area contributed by atoms with E-state index in [0.29, 0.717) is 18.7 Å². The van der Waals surface area contributed by atoms with Gasteiger partial charge in [0.25, 0.3) is 5.91 Å². The minimum atomic E-state index is -0.640. The normalized spacial score (nSPS) is 14.2. The Bertz CT molecular complexity index is 1180. The fraction of sp³-hybridized carbons (Fsp3) is 0.375. The fourth-order valence-electron chi connectivity index (χ4n) is 4.91. The van der Waals surface area contributed by atoms with E-state index in [9.17, 15) is 9.59 Å². The second-order valence-electron chi connectivity index (χ2n) is 10.2. The van der Waals surface area contributed by atoms with Crippen molar-refractivity contribution in [3.05, 3.63) is 101 Å². The van der Waals surface area contributed by atoms with Gasteiger partial charge < -0.3 is 15.0 Å². The standard InChI is InChI=1S/C32H38N2O3/c1-23-16-18-27(19-17-23)21-34(31(35)22-37-30-15-9-10-24(2)25(30)3)29(20-26-11-5-4-6-12-26)32(36)33-28-13-7-8-14-28/h4-6,9-12,15-19,28-29H,7-8,13-14,20-22H2,1-3H3,(H,33,36)/t29-/m1/s1. The molecule has 0 aliphatic heterocycles. The van der Waals surface area contributed by atoms with Crippen LogP contribution in [-0.4, -0.2) is 35.4 Å². The van der Waals surface area contributed by atoms with Gasteiger partial charge in [-0.05, 0) is 61.9 Å². The molecule has 1 N–H and O–H groups in total. The Morgan fingerprint density at radius 1 is 0.892 bits per heavy atom. The summed E-state index contributed by atoms with van der Waals surface area (Å²) in [4.78, 5) is 29.2. The molecule has 0 aromatic heterocycles. The molecule has 0 bridgehead atoms. The van der Waals surface area contributed by atoms with E-state index in [2.05, 4.69) is 5.32 Å². The Morgan fingerprint density at radius 2 is 1.59 bits per heavy atom. The van der Waals surface area contributed by atoms with Gasteiger partial charge in [-0.1, -0.05) is 85.1 Å². The van der Waals surface area contributed by atoms with Crippen LogP contribution in [0, 0.1) is 20.8 Å². The molecule has 5 heteroatoms. The van der Waals surface area contributed by atoms with Gasteiger partial charge in [-0.15, -0.1) is 0 Å². The van der Waals surface area contributed by atoms with Gasteiger partial charge in [-0.2, -0.15) is 0 Å². The van der Waals surface area contributed by atoms with Gasteiger partial charge in [0.15, 0.2) is 6.61 Å². The molecule has 0 unspecified atom stereocenters. The van der Waals surface area contributed by atoms with Crippen LogP contribution in [0.5, 0.6) is 5.75 Å². The molecule has 37 heavy (non-hydrogen) atoms. The zero-order valence-electron chi connectivity index (χ0n) is 22.2. The van der Waals surface area contributed by atoms with Gasteiger partial charge in [0.1, 0.15) is 11.8 Å². The molecular formula is C32H38N2O3. The van der Waals surface area contributed by atoms with Gasteiger partial charge in [-0.3, -0.25) is 9.59 Å². The van der Waals surface area contributed by atoms with Crippen molar-refractivity contribution >= 4 is 11.8 Å². The van der Waals surface area contributed by atoms with Crippen LogP contribution in [0.2, 0.25) is 0 Å². The largest absolute Gasteiger partial charge is 0.483 e. The van der Waals surface area contributed by atoms with Crippen LogP contribution in [0.3, 0.4) is 0 Å². The summed E-state index contributed by atoms with van der Waals surface area (Å²) in [6.45, 7) is 6.27. The first-order valence-electron chi connectivity index (χ1n) is 13.3. The molecule has 1 aliphatic rings. The molecule has 3 aromatic carbocycles. The second-order valence-corrected chi connectivity index (χ2v) is 10.2. The van der Waals surface area contributed by atoms with Crippen LogP contribution in [-0.2, 0) is 22.6 Å². The van der Waals surface area contributed by atoms with Gasteiger partial charge in [0.05, 0.1) is 0 Å². The third kappa shape index (κ3) is 7.22. The summed E-state index contributed by atoms with van der Waals surface area (Å²) in [7, 11) is 0. The third-order valence-corrected chi connectivity index (χ3v) is 7.35. The molecule has 1 atom stereocenters. The summed E-state index contributed by atoms with van der Waals surface area (Å²) >= 11 is 0. The number of hydrogen-bond donors (Lipinski definition) is 1. The monoisotopic (exact) mass is 498 g/mol. The van der Waals surface area contributed by atoms with Crippen LogP contribution in [0.4, 0.5) is 0 Å². The maximum atomic E-state index is 13.8. The number of rotatable bonds is 10. The number of hydrogen-bond acceptors (Lipinski definition) is 3. The van der Waals surface area contributed by atoms with E-state index in [4.69, 9.17) is 4.74 Å². The van der Waals surface area contributed by atoms with Crippen molar-refractivity contribution in [2.24, 2.45) is 0 Å². The van der Waals surface area contributed by atoms with Crippen molar-refractivity contribution in [3.8, 4) is 5.75 Å². The molecule has 1 saturated carbocycles. The van der Waals surface area contributed by atoms with Crippen LogP contribution in [0.25, 0.3) is 0 Å². The molecule has 0 spiro atoms. The zero-order valence-corrected chi connectivity index (χ0v) is 22.2. The van der Waals surface area contributed by atoms with Crippen molar-refractivity contribution < 1.29 is 14.3 Å². The van der Waals surface area contributed by atoms with E-state index in [1.165, 1.54) is 0 Å². The summed E-state index contributed by atoms with van der Waals surface area (Å²) in [5.41, 5.74) is 5.28. The Hall–Kier alpha value is -3.60. The van der Waals surface area contributed by atoms with E-state index < -0.39 is 6.04 Å². The second kappa shape index (κ2) is 12.6. The zero-order chi connectivity index (χ0) is 26.2. The van der Waals surface area contributed by atoms with E-state index >= 15 is 0 Å². The van der Waals surface area contributed by atoms with Gasteiger partial charge in [0, 0.05) is 19.0 Å². The minimum Gasteiger partial charge on any atom is -0.483 e. The highest BCUT2D eigenvalue weighted by Gasteiger charge is 2.32. The fourth-order valence-corrected chi connectivity index (χ4v) is 4.91. The SMILES string of the molecule is Cc1ccc(CN(C(=O)COc2cccc(C)c2C)[C@H](Cc2ccccc2)C(=O)NC2CCCC2)cc1. The topological polar surface area (TPSA) is 58.6 Å². The smallest absolute Gasteiger partial charge is 0.261 e. The lowest BCUT2D eigenvalue weighted by molar-refractivity contribution is -0.143. The van der Waals surface area contributed by atoms with Crippen LogP contribution >= 0.6 is 0 Å². The highest BCUT2D eigenvalue weighted by atomic mass is 16.5. The van der Waals surface area contributed by atoms with Crippen molar-refractivity contribution in [2.45, 2.75) is 71.5 Å². The van der Waals surface area contributed by atoms with E-state index in [1.807, 2.05) is 93.6 Å². The molecule has 194 valence electrons. The van der Waals surface area contributed by atoms with Crippen molar-refractivity contribution in [1.29, 1.82) is 0 Å². The molecule has 5 nitrogen and oxygen atoms in total. The maximum Gasteiger partial charge on any atom is 0.261 e. The van der Waals surface area contributed by atoms with Gasteiger partial charge in [0.2, 0.25) is 5.91 Å². The lowest BCUT2D eigenvalue weighted by Gasteiger charge is -2.32. The molecule has 2 amide bonds. The van der Waals surface area contributed by atoms with Crippen LogP contribution in [0.1, 0.15) is 53.5 Å². The Kier molecular flexibility index (Phi) is 8.99. The quantitative estimate of drug-likeness (QED) is 0.391. The third-order valence-electron chi connectivity index (χ3n) is 7.35. The van der Waals surface area contributed by atoms with Gasteiger partial charge >= 0.3 is 0 Å². The Morgan fingerprint density at radius 3 is 2.30 bits per heavy atom. The summed E-state index contributed by atoms with van der Waals surface area (Å²) in [6.07, 6.45) is 4.69. The molecular weight excluding hydrogens is 460 g/mol. The minimum absolute atomic E-state index is 0.0945. The van der Waals surface area contributed by atoms with Crippen molar-refractivity contribution in [2.75, 3.05) is 6.61 Å². The summed E-state index contributed by atoms with van der Waals surface area (Å²) < 4.78 is 6.01. The number of amides is 2. The van der Waals surface area contributed by atoms with Crippen LogP contribution in [0.15, 0.2) is 72.8 Å². The number of aryl methyl sites for hydroxylation is 2. The summed E-state index contributed by atoms with van der Waals surface area (Å²) in [5, 5.41) is 3.25. The predicted molar refractivity (Wildman–Crippen MR) is 147 cm³/mol. The highest BCUT2D eigenvalue weighted by Crippen LogP contribution is 2.22. The first kappa shape index (κ1) is 26.5. The van der Waals surface area contributed by atoms with E-state index in [-0.39, 0.29) is 24.5 Å². The lowest BCUT2D eigenvalue weighted by atomic mass is 10.0. The van der Waals surface area contributed by atoms with Crippen LogP contribution < -0.4 is 10.1 Å². The van der Waals surface area contributed by atoms with Gasteiger partial charge in [-0.25, -0.2) is 0 Å².